The summed E-state index contributed by atoms with van der Waals surface area (Å²) >= 11 is 6.30. The maximum atomic E-state index is 6.30. The Morgan fingerprint density at radius 2 is 1.85 bits per heavy atom. The van der Waals surface area contributed by atoms with Crippen LogP contribution in [0, 0.1) is 0 Å². The molecule has 4 aromatic rings. The third-order valence-corrected chi connectivity index (χ3v) is 3.95. The quantitative estimate of drug-likeness (QED) is 0.466. The van der Waals surface area contributed by atoms with Gasteiger partial charge in [-0.15, -0.1) is 0 Å². The lowest BCUT2D eigenvalue weighted by Gasteiger charge is -2.02. The monoisotopic (exact) mass is 282 g/mol. The fraction of sp³-hybridized carbons (Fsp3) is 0.0588. The molecule has 0 aliphatic heterocycles. The average molecular weight is 283 g/mol. The lowest BCUT2D eigenvalue weighted by atomic mass is 10.1. The molecule has 2 nitrogen and oxygen atoms in total. The number of benzene rings is 3. The molecule has 0 spiro atoms. The molecule has 0 amide bonds. The Hall–Kier alpha value is -2.19. The van der Waals surface area contributed by atoms with Gasteiger partial charge in [0.1, 0.15) is 16.9 Å². The highest BCUT2D eigenvalue weighted by molar-refractivity contribution is 6.38. The third-order valence-electron chi connectivity index (χ3n) is 3.63. The lowest BCUT2D eigenvalue weighted by Crippen LogP contribution is -1.82. The minimum atomic E-state index is 0.717. The molecule has 0 saturated heterocycles. The summed E-state index contributed by atoms with van der Waals surface area (Å²) < 4.78 is 11.3. The Labute approximate surface area is 120 Å². The topological polar surface area (TPSA) is 22.4 Å². The van der Waals surface area contributed by atoms with Crippen molar-refractivity contribution < 1.29 is 9.15 Å². The van der Waals surface area contributed by atoms with E-state index in [1.807, 2.05) is 36.4 Å². The van der Waals surface area contributed by atoms with Gasteiger partial charge < -0.3 is 9.15 Å². The fourth-order valence-corrected chi connectivity index (χ4v) is 2.94. The summed E-state index contributed by atoms with van der Waals surface area (Å²) in [5.74, 6) is 0.839. The molecule has 4 rings (SSSR count). The molecule has 1 aromatic heterocycles. The van der Waals surface area contributed by atoms with Crippen molar-refractivity contribution in [3.05, 3.63) is 53.6 Å². The van der Waals surface area contributed by atoms with Crippen LogP contribution in [0.25, 0.3) is 32.7 Å². The van der Waals surface area contributed by atoms with E-state index < -0.39 is 0 Å². The minimum Gasteiger partial charge on any atom is -0.497 e. The van der Waals surface area contributed by atoms with E-state index in [1.54, 1.807) is 7.11 Å². The van der Waals surface area contributed by atoms with Gasteiger partial charge in [0.05, 0.1) is 12.1 Å². The third kappa shape index (κ3) is 1.52. The number of fused-ring (bicyclic) bond motifs is 5. The molecular formula is C17H11ClO2. The van der Waals surface area contributed by atoms with E-state index in [-0.39, 0.29) is 0 Å². The van der Waals surface area contributed by atoms with E-state index in [1.165, 1.54) is 0 Å². The Balaban J connectivity index is 2.20. The van der Waals surface area contributed by atoms with Crippen LogP contribution in [-0.4, -0.2) is 7.11 Å². The van der Waals surface area contributed by atoms with Gasteiger partial charge in [-0.1, -0.05) is 23.7 Å². The standard InChI is InChI=1S/C17H11ClO2/c1-19-11-6-8-12-10(9-11)5-7-13-16-14(18)3-2-4-15(16)20-17(12)13/h2-9H,1H3. The summed E-state index contributed by atoms with van der Waals surface area (Å²) in [6, 6.07) is 15.8. The summed E-state index contributed by atoms with van der Waals surface area (Å²) in [5.41, 5.74) is 1.68. The number of rotatable bonds is 1. The predicted molar refractivity (Wildman–Crippen MR) is 82.8 cm³/mol. The van der Waals surface area contributed by atoms with Crippen LogP contribution in [0.15, 0.2) is 52.9 Å². The largest absolute Gasteiger partial charge is 0.497 e. The summed E-state index contributed by atoms with van der Waals surface area (Å²) in [4.78, 5) is 0. The molecule has 0 N–H and O–H groups in total. The van der Waals surface area contributed by atoms with E-state index in [2.05, 4.69) is 12.1 Å². The van der Waals surface area contributed by atoms with E-state index in [0.717, 1.165) is 38.5 Å². The maximum absolute atomic E-state index is 6.30. The highest BCUT2D eigenvalue weighted by Gasteiger charge is 2.12. The van der Waals surface area contributed by atoms with Gasteiger partial charge in [-0.05, 0) is 41.8 Å². The Morgan fingerprint density at radius 1 is 1.00 bits per heavy atom. The second-order valence-corrected chi connectivity index (χ2v) is 5.15. The zero-order chi connectivity index (χ0) is 13.7. The summed E-state index contributed by atoms with van der Waals surface area (Å²) in [7, 11) is 1.67. The Bertz CT molecular complexity index is 953. The maximum Gasteiger partial charge on any atom is 0.143 e. The first-order valence-electron chi connectivity index (χ1n) is 6.35. The van der Waals surface area contributed by atoms with Gasteiger partial charge in [0.15, 0.2) is 0 Å². The van der Waals surface area contributed by atoms with Crippen molar-refractivity contribution in [3.63, 3.8) is 0 Å². The van der Waals surface area contributed by atoms with Crippen molar-refractivity contribution in [1.29, 1.82) is 0 Å². The molecule has 0 aliphatic carbocycles. The van der Waals surface area contributed by atoms with Crippen LogP contribution in [-0.2, 0) is 0 Å². The Morgan fingerprint density at radius 3 is 2.70 bits per heavy atom. The van der Waals surface area contributed by atoms with Crippen LogP contribution in [0.2, 0.25) is 5.02 Å². The van der Waals surface area contributed by atoms with Crippen LogP contribution in [0.5, 0.6) is 5.75 Å². The van der Waals surface area contributed by atoms with Gasteiger partial charge in [-0.2, -0.15) is 0 Å². The first-order chi connectivity index (χ1) is 9.78. The van der Waals surface area contributed by atoms with Gasteiger partial charge in [-0.3, -0.25) is 0 Å². The molecule has 20 heavy (non-hydrogen) atoms. The van der Waals surface area contributed by atoms with Crippen LogP contribution in [0.1, 0.15) is 0 Å². The normalized spacial score (nSPS) is 11.5. The second kappa shape index (κ2) is 4.15. The fourth-order valence-electron chi connectivity index (χ4n) is 2.67. The highest BCUT2D eigenvalue weighted by atomic mass is 35.5. The molecule has 0 atom stereocenters. The van der Waals surface area contributed by atoms with Crippen molar-refractivity contribution in [1.82, 2.24) is 0 Å². The van der Waals surface area contributed by atoms with Crippen LogP contribution >= 0.6 is 11.6 Å². The molecule has 1 heterocycles. The predicted octanol–water partition coefficient (Wildman–Crippen LogP) is 5.40. The molecule has 0 fully saturated rings. The van der Waals surface area contributed by atoms with Gasteiger partial charge in [-0.25, -0.2) is 0 Å². The van der Waals surface area contributed by atoms with Gasteiger partial charge >= 0.3 is 0 Å². The molecule has 98 valence electrons. The molecular weight excluding hydrogens is 272 g/mol. The highest BCUT2D eigenvalue weighted by Crippen LogP contribution is 2.38. The van der Waals surface area contributed by atoms with Crippen LogP contribution < -0.4 is 4.74 Å². The van der Waals surface area contributed by atoms with Crippen molar-refractivity contribution in [3.8, 4) is 5.75 Å². The zero-order valence-electron chi connectivity index (χ0n) is 10.8. The van der Waals surface area contributed by atoms with E-state index in [9.17, 15) is 0 Å². The number of hydrogen-bond acceptors (Lipinski definition) is 2. The smallest absolute Gasteiger partial charge is 0.143 e. The van der Waals surface area contributed by atoms with Gasteiger partial charge in [0.25, 0.3) is 0 Å². The lowest BCUT2D eigenvalue weighted by molar-refractivity contribution is 0.415. The first kappa shape index (κ1) is 11.6. The number of halogens is 1. The van der Waals surface area contributed by atoms with Crippen molar-refractivity contribution in [2.75, 3.05) is 7.11 Å². The molecule has 0 radical (unpaired) electrons. The van der Waals surface area contributed by atoms with Crippen molar-refractivity contribution in [2.24, 2.45) is 0 Å². The zero-order valence-corrected chi connectivity index (χ0v) is 11.6. The molecule has 3 heteroatoms. The molecule has 0 bridgehead atoms. The van der Waals surface area contributed by atoms with Crippen LogP contribution in [0.3, 0.4) is 0 Å². The average Bonchev–Trinajstić information content (AvgIpc) is 2.86. The molecule has 0 saturated carbocycles. The number of hydrogen-bond donors (Lipinski definition) is 0. The van der Waals surface area contributed by atoms with Gasteiger partial charge in [0.2, 0.25) is 0 Å². The van der Waals surface area contributed by atoms with Gasteiger partial charge in [0, 0.05) is 16.2 Å². The molecule has 3 aromatic carbocycles. The van der Waals surface area contributed by atoms with E-state index in [4.69, 9.17) is 20.8 Å². The Kier molecular flexibility index (Phi) is 2.41. The molecule has 0 unspecified atom stereocenters. The number of furan rings is 1. The first-order valence-corrected chi connectivity index (χ1v) is 6.73. The minimum absolute atomic E-state index is 0.717. The SMILES string of the molecule is COc1ccc2c(ccc3c2oc2cccc(Cl)c23)c1. The summed E-state index contributed by atoms with van der Waals surface area (Å²) in [5, 5.41) is 4.89. The van der Waals surface area contributed by atoms with E-state index in [0.29, 0.717) is 5.02 Å². The number of ether oxygens (including phenoxy) is 1. The summed E-state index contributed by atoms with van der Waals surface area (Å²) in [6.07, 6.45) is 0. The second-order valence-electron chi connectivity index (χ2n) is 4.74. The van der Waals surface area contributed by atoms with Crippen molar-refractivity contribution >= 4 is 44.3 Å². The number of methoxy groups -OCH3 is 1. The molecule has 0 aliphatic rings. The summed E-state index contributed by atoms with van der Waals surface area (Å²) in [6.45, 7) is 0. The van der Waals surface area contributed by atoms with E-state index >= 15 is 0 Å². The van der Waals surface area contributed by atoms with Crippen molar-refractivity contribution in [2.45, 2.75) is 0 Å². The van der Waals surface area contributed by atoms with Crippen LogP contribution in [0.4, 0.5) is 0 Å².